The molecule has 0 radical (unpaired) electrons. The molecule has 10 nitrogen and oxygen atoms in total. The molecule has 3 heterocycles. The first-order valence-corrected chi connectivity index (χ1v) is 12.5. The van der Waals surface area contributed by atoms with Crippen molar-refractivity contribution in [1.82, 2.24) is 25.8 Å². The van der Waals surface area contributed by atoms with Crippen LogP contribution in [0.3, 0.4) is 0 Å². The minimum absolute atomic E-state index is 0.0396. The number of amides is 4. The van der Waals surface area contributed by atoms with Gasteiger partial charge in [-0.1, -0.05) is 0 Å². The van der Waals surface area contributed by atoms with E-state index < -0.39 is 12.1 Å². The summed E-state index contributed by atoms with van der Waals surface area (Å²) in [5, 5.41) is 8.89. The maximum atomic E-state index is 13.4. The van der Waals surface area contributed by atoms with Crippen LogP contribution < -0.4 is 20.9 Å². The zero-order chi connectivity index (χ0) is 24.9. The molecular weight excluding hydrogens is 448 g/mol. The Labute approximate surface area is 206 Å². The van der Waals surface area contributed by atoms with Crippen molar-refractivity contribution in [2.45, 2.75) is 37.8 Å². The second kappa shape index (κ2) is 11.1. The average molecular weight is 485 g/mol. The maximum Gasteiger partial charge on any atom is 0.254 e. The number of carbonyl (C=O) groups excluding carboxylic acids is 4. The highest BCUT2D eigenvalue weighted by atomic mass is 16.2. The summed E-state index contributed by atoms with van der Waals surface area (Å²) in [6.07, 6.45) is 2.81. The molecule has 0 unspecified atom stereocenters. The Balaban J connectivity index is 1.51. The summed E-state index contributed by atoms with van der Waals surface area (Å²) >= 11 is 0. The number of piperazine rings is 1. The summed E-state index contributed by atoms with van der Waals surface area (Å²) < 4.78 is 0. The van der Waals surface area contributed by atoms with Crippen molar-refractivity contribution in [3.05, 3.63) is 29.8 Å². The molecule has 4 rings (SSSR count). The van der Waals surface area contributed by atoms with Gasteiger partial charge in [0.05, 0.1) is 6.54 Å². The van der Waals surface area contributed by atoms with Crippen molar-refractivity contribution in [1.29, 1.82) is 0 Å². The van der Waals surface area contributed by atoms with Crippen LogP contribution in [0.4, 0.5) is 5.69 Å². The molecule has 3 fully saturated rings. The molecule has 0 aliphatic carbocycles. The number of carbonyl (C=O) groups is 4. The smallest absolute Gasteiger partial charge is 0.254 e. The molecule has 3 N–H and O–H groups in total. The first kappa shape index (κ1) is 25.0. The van der Waals surface area contributed by atoms with Gasteiger partial charge in [0.25, 0.3) is 5.91 Å². The molecule has 4 amide bonds. The molecule has 1 aromatic carbocycles. The number of hydrogen-bond donors (Lipinski definition) is 3. The minimum Gasteiger partial charge on any atom is -0.378 e. The van der Waals surface area contributed by atoms with Crippen molar-refractivity contribution >= 4 is 29.3 Å². The molecule has 3 saturated heterocycles. The van der Waals surface area contributed by atoms with Crippen LogP contribution in [0.1, 0.15) is 36.0 Å². The summed E-state index contributed by atoms with van der Waals surface area (Å²) in [5.41, 5.74) is 1.53. The van der Waals surface area contributed by atoms with Crippen molar-refractivity contribution in [3.8, 4) is 0 Å². The van der Waals surface area contributed by atoms with Gasteiger partial charge in [0.1, 0.15) is 12.1 Å². The van der Waals surface area contributed by atoms with Crippen LogP contribution in [0.25, 0.3) is 0 Å². The fourth-order valence-electron chi connectivity index (χ4n) is 5.02. The third-order valence-corrected chi connectivity index (χ3v) is 7.17. The first-order chi connectivity index (χ1) is 16.8. The summed E-state index contributed by atoms with van der Waals surface area (Å²) in [7, 11) is 3.87. The lowest BCUT2D eigenvalue weighted by molar-refractivity contribution is -0.147. The third-order valence-electron chi connectivity index (χ3n) is 7.17. The highest BCUT2D eigenvalue weighted by molar-refractivity contribution is 5.97. The monoisotopic (exact) mass is 484 g/mol. The normalized spacial score (nSPS) is 23.4. The zero-order valence-electron chi connectivity index (χ0n) is 20.6. The van der Waals surface area contributed by atoms with Gasteiger partial charge < -0.3 is 30.7 Å². The highest BCUT2D eigenvalue weighted by Crippen LogP contribution is 2.22. The predicted octanol–water partition coefficient (Wildman–Crippen LogP) is -0.200. The maximum absolute atomic E-state index is 13.4. The summed E-state index contributed by atoms with van der Waals surface area (Å²) in [5.74, 6) is -0.926. The second-order valence-corrected chi connectivity index (χ2v) is 9.76. The van der Waals surface area contributed by atoms with Crippen molar-refractivity contribution < 1.29 is 19.2 Å². The molecule has 190 valence electrons. The predicted molar refractivity (Wildman–Crippen MR) is 132 cm³/mol. The second-order valence-electron chi connectivity index (χ2n) is 9.76. The van der Waals surface area contributed by atoms with Gasteiger partial charge in [-0.3, -0.25) is 19.2 Å². The number of anilines is 1. The van der Waals surface area contributed by atoms with Gasteiger partial charge in [-0.2, -0.15) is 0 Å². The number of piperidine rings is 2. The number of hydrogen-bond acceptors (Lipinski definition) is 6. The number of rotatable bonds is 5. The lowest BCUT2D eigenvalue weighted by Gasteiger charge is -2.42. The highest BCUT2D eigenvalue weighted by Gasteiger charge is 2.40. The number of benzene rings is 1. The van der Waals surface area contributed by atoms with E-state index in [2.05, 4.69) is 16.0 Å². The van der Waals surface area contributed by atoms with Crippen LogP contribution in [0.5, 0.6) is 0 Å². The quantitative estimate of drug-likeness (QED) is 0.534. The first-order valence-electron chi connectivity index (χ1n) is 12.5. The van der Waals surface area contributed by atoms with E-state index in [4.69, 9.17) is 0 Å². The fourth-order valence-corrected chi connectivity index (χ4v) is 5.02. The van der Waals surface area contributed by atoms with Crippen LogP contribution in [0.2, 0.25) is 0 Å². The van der Waals surface area contributed by atoms with Gasteiger partial charge in [-0.05, 0) is 63.0 Å². The zero-order valence-corrected chi connectivity index (χ0v) is 20.6. The molecule has 10 heteroatoms. The molecular formula is C25H36N6O4. The number of nitrogens with zero attached hydrogens (tertiary/aromatic N) is 3. The largest absolute Gasteiger partial charge is 0.378 e. The molecule has 0 bridgehead atoms. The Bertz CT molecular complexity index is 944. The summed E-state index contributed by atoms with van der Waals surface area (Å²) in [6, 6.07) is 5.89. The van der Waals surface area contributed by atoms with Gasteiger partial charge in [-0.25, -0.2) is 0 Å². The Kier molecular flexibility index (Phi) is 7.90. The Morgan fingerprint density at radius 2 is 1.71 bits per heavy atom. The Hall–Kier alpha value is -3.14. The lowest BCUT2D eigenvalue weighted by Crippen LogP contribution is -2.64. The van der Waals surface area contributed by atoms with E-state index in [0.29, 0.717) is 31.6 Å². The summed E-state index contributed by atoms with van der Waals surface area (Å²) in [6.45, 7) is 2.90. The van der Waals surface area contributed by atoms with E-state index in [1.54, 1.807) is 21.9 Å². The molecule has 3 aliphatic rings. The molecule has 0 spiro atoms. The minimum atomic E-state index is -0.828. The van der Waals surface area contributed by atoms with E-state index >= 15 is 0 Å². The van der Waals surface area contributed by atoms with Gasteiger partial charge in [-0.15, -0.1) is 0 Å². The molecule has 2 atom stereocenters. The van der Waals surface area contributed by atoms with Crippen molar-refractivity contribution in [3.63, 3.8) is 0 Å². The summed E-state index contributed by atoms with van der Waals surface area (Å²) in [4.78, 5) is 57.5. The van der Waals surface area contributed by atoms with Crippen LogP contribution in [-0.2, 0) is 14.4 Å². The third kappa shape index (κ3) is 5.75. The topological polar surface area (TPSA) is 114 Å². The molecule has 0 saturated carbocycles. The van der Waals surface area contributed by atoms with Crippen LogP contribution in [-0.4, -0.2) is 98.9 Å². The Morgan fingerprint density at radius 3 is 2.37 bits per heavy atom. The van der Waals surface area contributed by atoms with Gasteiger partial charge in [0, 0.05) is 50.9 Å². The van der Waals surface area contributed by atoms with E-state index in [1.807, 2.05) is 31.1 Å². The van der Waals surface area contributed by atoms with Gasteiger partial charge in [0.15, 0.2) is 0 Å². The average Bonchev–Trinajstić information content (AvgIpc) is 2.89. The van der Waals surface area contributed by atoms with Crippen LogP contribution in [0, 0.1) is 5.92 Å². The van der Waals surface area contributed by atoms with E-state index in [0.717, 1.165) is 38.0 Å². The van der Waals surface area contributed by atoms with E-state index in [1.165, 1.54) is 0 Å². The van der Waals surface area contributed by atoms with Gasteiger partial charge >= 0.3 is 0 Å². The SMILES string of the molecule is CN(C)c1ccc(C(=O)N2CCN(C(=O)C3CCNCC3)[C@@H](C(=O)N[C@@H]3CCCNC3=O)C2)cc1. The molecule has 1 aromatic rings. The van der Waals surface area contributed by atoms with Crippen LogP contribution >= 0.6 is 0 Å². The fraction of sp³-hybridized carbons (Fsp3) is 0.600. The van der Waals surface area contributed by atoms with E-state index in [-0.39, 0.29) is 36.1 Å². The standard InChI is InChI=1S/C25H36N6O4/c1-29(2)19-7-5-17(6-8-19)24(34)30-14-15-31(25(35)18-9-12-26-13-10-18)21(16-30)23(33)28-20-4-3-11-27-22(20)32/h5-8,18,20-21,26H,3-4,9-16H2,1-2H3,(H,27,32)(H,28,33)/t20-,21-/m1/s1. The Morgan fingerprint density at radius 1 is 1.00 bits per heavy atom. The molecule has 0 aromatic heterocycles. The van der Waals surface area contributed by atoms with E-state index in [9.17, 15) is 19.2 Å². The van der Waals surface area contributed by atoms with Crippen molar-refractivity contribution in [2.24, 2.45) is 5.92 Å². The van der Waals surface area contributed by atoms with Crippen molar-refractivity contribution in [2.75, 3.05) is 58.3 Å². The lowest BCUT2D eigenvalue weighted by atomic mass is 9.95. The molecule has 35 heavy (non-hydrogen) atoms. The number of nitrogens with one attached hydrogen (secondary N) is 3. The van der Waals surface area contributed by atoms with Gasteiger partial charge in [0.2, 0.25) is 17.7 Å². The molecule has 3 aliphatic heterocycles. The van der Waals surface area contributed by atoms with Crippen LogP contribution in [0.15, 0.2) is 24.3 Å².